The van der Waals surface area contributed by atoms with Gasteiger partial charge in [0.05, 0.1) is 12.2 Å². The van der Waals surface area contributed by atoms with E-state index in [1.54, 1.807) is 12.4 Å². The fraction of sp³-hybridized carbons (Fsp3) is 0.450. The van der Waals surface area contributed by atoms with Crippen molar-refractivity contribution >= 4 is 11.8 Å². The molecule has 1 aliphatic heterocycles. The molecule has 0 unspecified atom stereocenters. The van der Waals surface area contributed by atoms with Gasteiger partial charge in [-0.15, -0.1) is 0 Å². The van der Waals surface area contributed by atoms with Gasteiger partial charge < -0.3 is 25.2 Å². The van der Waals surface area contributed by atoms with Crippen molar-refractivity contribution in [1.29, 1.82) is 5.26 Å². The lowest BCUT2D eigenvalue weighted by atomic mass is 9.96. The number of nitrogens with zero attached hydrogens (tertiary/aromatic N) is 3. The van der Waals surface area contributed by atoms with Gasteiger partial charge in [0, 0.05) is 23.7 Å². The second-order valence-electron chi connectivity index (χ2n) is 7.11. The number of aromatic nitrogens is 2. The SMILES string of the molecule is N#Cc1c(S[C@@H]2O[C@H](CO)[C@H](O)[C@H](O)[C@H]2O)nc2c(c1-c1ccncc1)CCC2. The minimum Gasteiger partial charge on any atom is -0.394 e. The molecule has 2 aromatic heterocycles. The minimum absolute atomic E-state index is 0.374. The molecule has 0 amide bonds. The van der Waals surface area contributed by atoms with Crippen molar-refractivity contribution in [2.45, 2.75) is 54.1 Å². The molecule has 5 atom stereocenters. The summed E-state index contributed by atoms with van der Waals surface area (Å²) in [4.78, 5) is 8.71. The summed E-state index contributed by atoms with van der Waals surface area (Å²) < 4.78 is 5.59. The van der Waals surface area contributed by atoms with Crippen LogP contribution in [-0.4, -0.2) is 66.9 Å². The van der Waals surface area contributed by atoms with E-state index in [9.17, 15) is 25.7 Å². The number of hydrogen-bond acceptors (Lipinski definition) is 9. The molecule has 1 fully saturated rings. The van der Waals surface area contributed by atoms with Gasteiger partial charge in [0.25, 0.3) is 0 Å². The first-order valence-corrected chi connectivity index (χ1v) is 10.3. The number of aryl methyl sites for hydroxylation is 1. The van der Waals surface area contributed by atoms with Crippen molar-refractivity contribution in [2.75, 3.05) is 6.61 Å². The van der Waals surface area contributed by atoms with Crippen LogP contribution in [0.2, 0.25) is 0 Å². The number of rotatable bonds is 4. The van der Waals surface area contributed by atoms with Crippen molar-refractivity contribution in [2.24, 2.45) is 0 Å². The Morgan fingerprint density at radius 1 is 1.14 bits per heavy atom. The van der Waals surface area contributed by atoms with Crippen molar-refractivity contribution in [3.05, 3.63) is 41.3 Å². The van der Waals surface area contributed by atoms with Gasteiger partial charge in [-0.2, -0.15) is 5.26 Å². The number of hydrogen-bond donors (Lipinski definition) is 4. The quantitative estimate of drug-likeness (QED) is 0.558. The molecule has 0 radical (unpaired) electrons. The molecular weight excluding hydrogens is 394 g/mol. The Balaban J connectivity index is 1.76. The van der Waals surface area contributed by atoms with Crippen molar-refractivity contribution in [3.63, 3.8) is 0 Å². The van der Waals surface area contributed by atoms with E-state index in [1.807, 2.05) is 12.1 Å². The van der Waals surface area contributed by atoms with Crippen LogP contribution in [0.5, 0.6) is 0 Å². The molecule has 3 heterocycles. The first-order chi connectivity index (χ1) is 14.0. The van der Waals surface area contributed by atoms with Gasteiger partial charge in [-0.25, -0.2) is 4.98 Å². The standard InChI is InChI=1S/C20H21N3O5S/c21-8-12-15(10-4-6-22-7-5-10)11-2-1-3-13(11)23-19(12)29-20-18(27)17(26)16(25)14(9-24)28-20/h4-7,14,16-18,20,24-27H,1-3,9H2/t14-,16+,17+,18-,20+/m1/s1. The smallest absolute Gasteiger partial charge is 0.138 e. The average molecular weight is 415 g/mol. The fourth-order valence-corrected chi connectivity index (χ4v) is 5.00. The summed E-state index contributed by atoms with van der Waals surface area (Å²) in [5.41, 5.74) is 3.01. The number of aliphatic hydroxyl groups excluding tert-OH is 4. The number of thioether (sulfide) groups is 1. The zero-order valence-corrected chi connectivity index (χ0v) is 16.3. The maximum atomic E-state index is 10.4. The Hall–Kier alpha value is -2.06. The molecule has 9 heteroatoms. The molecule has 152 valence electrons. The monoisotopic (exact) mass is 415 g/mol. The van der Waals surface area contributed by atoms with E-state index in [0.29, 0.717) is 10.6 Å². The molecule has 2 aliphatic rings. The van der Waals surface area contributed by atoms with E-state index in [0.717, 1.165) is 53.4 Å². The zero-order valence-electron chi connectivity index (χ0n) is 15.5. The molecule has 2 aromatic rings. The Morgan fingerprint density at radius 2 is 1.90 bits per heavy atom. The number of nitriles is 1. The Morgan fingerprint density at radius 3 is 2.59 bits per heavy atom. The first-order valence-electron chi connectivity index (χ1n) is 9.38. The average Bonchev–Trinajstić information content (AvgIpc) is 3.21. The van der Waals surface area contributed by atoms with Crippen LogP contribution >= 0.6 is 11.8 Å². The molecule has 0 saturated carbocycles. The second-order valence-corrected chi connectivity index (χ2v) is 8.20. The normalized spacial score (nSPS) is 28.7. The fourth-order valence-electron chi connectivity index (χ4n) is 3.86. The highest BCUT2D eigenvalue weighted by Gasteiger charge is 2.44. The molecule has 1 aliphatic carbocycles. The maximum Gasteiger partial charge on any atom is 0.138 e. The Bertz CT molecular complexity index is 934. The van der Waals surface area contributed by atoms with Gasteiger partial charge in [-0.05, 0) is 42.5 Å². The molecular formula is C20H21N3O5S. The van der Waals surface area contributed by atoms with Gasteiger partial charge in [-0.3, -0.25) is 4.98 Å². The van der Waals surface area contributed by atoms with E-state index < -0.39 is 36.5 Å². The van der Waals surface area contributed by atoms with Gasteiger partial charge >= 0.3 is 0 Å². The minimum atomic E-state index is -1.47. The van der Waals surface area contributed by atoms with Crippen molar-refractivity contribution < 1.29 is 25.2 Å². The number of ether oxygens (including phenoxy) is 1. The summed E-state index contributed by atoms with van der Waals surface area (Å²) in [6, 6.07) is 5.93. The Kier molecular flexibility index (Phi) is 5.83. The number of pyridine rings is 2. The number of aliphatic hydroxyl groups is 4. The van der Waals surface area contributed by atoms with Gasteiger partial charge in [0.2, 0.25) is 0 Å². The lowest BCUT2D eigenvalue weighted by Gasteiger charge is -2.39. The lowest BCUT2D eigenvalue weighted by Crippen LogP contribution is -2.57. The molecule has 1 saturated heterocycles. The summed E-state index contributed by atoms with van der Waals surface area (Å²) in [6.45, 7) is -0.507. The van der Waals surface area contributed by atoms with E-state index in [2.05, 4.69) is 16.0 Å². The first kappa shape index (κ1) is 20.2. The van der Waals surface area contributed by atoms with Crippen LogP contribution in [0.3, 0.4) is 0 Å². The van der Waals surface area contributed by atoms with E-state index in [1.165, 1.54) is 0 Å². The summed E-state index contributed by atoms with van der Waals surface area (Å²) in [5.74, 6) is 0. The van der Waals surface area contributed by atoms with E-state index >= 15 is 0 Å². The summed E-state index contributed by atoms with van der Waals surface area (Å²) in [5, 5.41) is 50.1. The van der Waals surface area contributed by atoms with Crippen molar-refractivity contribution in [3.8, 4) is 17.2 Å². The third-order valence-electron chi connectivity index (χ3n) is 5.35. The highest BCUT2D eigenvalue weighted by molar-refractivity contribution is 7.99. The van der Waals surface area contributed by atoms with Crippen LogP contribution in [0.1, 0.15) is 23.2 Å². The number of fused-ring (bicyclic) bond motifs is 1. The molecule has 0 bridgehead atoms. The lowest BCUT2D eigenvalue weighted by molar-refractivity contribution is -0.205. The highest BCUT2D eigenvalue weighted by Crippen LogP contribution is 2.41. The predicted molar refractivity (Wildman–Crippen MR) is 104 cm³/mol. The second kappa shape index (κ2) is 8.36. The van der Waals surface area contributed by atoms with Gasteiger partial charge in [-0.1, -0.05) is 11.8 Å². The van der Waals surface area contributed by atoms with Gasteiger partial charge in [0.15, 0.2) is 0 Å². The summed E-state index contributed by atoms with van der Waals surface area (Å²) >= 11 is 1.02. The van der Waals surface area contributed by atoms with Crippen LogP contribution in [0.15, 0.2) is 29.6 Å². The third-order valence-corrected chi connectivity index (χ3v) is 6.49. The third kappa shape index (κ3) is 3.64. The predicted octanol–water partition coefficient (Wildman–Crippen LogP) is 0.396. The summed E-state index contributed by atoms with van der Waals surface area (Å²) in [7, 11) is 0. The van der Waals surface area contributed by atoms with Crippen LogP contribution in [0, 0.1) is 11.3 Å². The van der Waals surface area contributed by atoms with Crippen LogP contribution in [0.25, 0.3) is 11.1 Å². The van der Waals surface area contributed by atoms with Crippen LogP contribution < -0.4 is 0 Å². The molecule has 29 heavy (non-hydrogen) atoms. The van der Waals surface area contributed by atoms with Gasteiger partial charge in [0.1, 0.15) is 40.9 Å². The molecule has 8 nitrogen and oxygen atoms in total. The molecule has 0 spiro atoms. The van der Waals surface area contributed by atoms with E-state index in [4.69, 9.17) is 4.74 Å². The summed E-state index contributed by atoms with van der Waals surface area (Å²) in [6.07, 6.45) is 0.598. The van der Waals surface area contributed by atoms with Crippen LogP contribution in [0.4, 0.5) is 0 Å². The largest absolute Gasteiger partial charge is 0.394 e. The zero-order chi connectivity index (χ0) is 20.5. The van der Waals surface area contributed by atoms with E-state index in [-0.39, 0.29) is 0 Å². The topological polar surface area (TPSA) is 140 Å². The molecule has 4 N–H and O–H groups in total. The highest BCUT2D eigenvalue weighted by atomic mass is 32.2. The van der Waals surface area contributed by atoms with Crippen molar-refractivity contribution in [1.82, 2.24) is 9.97 Å². The maximum absolute atomic E-state index is 10.4. The Labute approximate surface area is 171 Å². The molecule has 4 rings (SSSR count). The molecule has 0 aromatic carbocycles. The van der Waals surface area contributed by atoms with Crippen LogP contribution in [-0.2, 0) is 17.6 Å².